The lowest BCUT2D eigenvalue weighted by atomic mass is 9.94. The summed E-state index contributed by atoms with van der Waals surface area (Å²) in [7, 11) is 0. The van der Waals surface area contributed by atoms with Crippen LogP contribution in [0.25, 0.3) is 15.9 Å². The van der Waals surface area contributed by atoms with Gasteiger partial charge in [0.1, 0.15) is 4.83 Å². The number of para-hydroxylation sites is 1. The van der Waals surface area contributed by atoms with Gasteiger partial charge in [0.25, 0.3) is 5.56 Å². The zero-order valence-corrected chi connectivity index (χ0v) is 18.1. The molecule has 0 atom stereocenters. The minimum Gasteiger partial charge on any atom is -0.370 e. The summed E-state index contributed by atoms with van der Waals surface area (Å²) in [4.78, 5) is 20.3. The Hall–Kier alpha value is -3.29. The molecule has 0 amide bonds. The molecule has 1 aliphatic rings. The Kier molecular flexibility index (Phi) is 4.92. The van der Waals surface area contributed by atoms with E-state index in [1.54, 1.807) is 10.8 Å². The first-order valence-corrected chi connectivity index (χ1v) is 10.9. The summed E-state index contributed by atoms with van der Waals surface area (Å²) in [5.41, 5.74) is 5.34. The maximum Gasteiger partial charge on any atom is 0.268 e. The summed E-state index contributed by atoms with van der Waals surface area (Å²) in [5, 5.41) is 5.01. The summed E-state index contributed by atoms with van der Waals surface area (Å²) in [5.74, 6) is 0.384. The largest absolute Gasteiger partial charge is 0.370 e. The van der Waals surface area contributed by atoms with Crippen LogP contribution >= 0.6 is 11.3 Å². The third kappa shape index (κ3) is 3.78. The number of hydrogen-bond donors (Lipinski definition) is 1. The number of benzene rings is 2. The monoisotopic (exact) mass is 430 g/mol. The van der Waals surface area contributed by atoms with Crippen LogP contribution in [0.5, 0.6) is 0 Å². The second-order valence-corrected chi connectivity index (χ2v) is 9.18. The van der Waals surface area contributed by atoms with E-state index in [-0.39, 0.29) is 11.2 Å². The Morgan fingerprint density at radius 1 is 1.13 bits per heavy atom. The van der Waals surface area contributed by atoms with Crippen LogP contribution < -0.4 is 11.0 Å². The smallest absolute Gasteiger partial charge is 0.268 e. The number of anilines is 1. The normalized spacial score (nSPS) is 15.3. The Labute approximate surface area is 183 Å². The molecule has 0 bridgehead atoms. The molecule has 0 saturated carbocycles. The van der Waals surface area contributed by atoms with Gasteiger partial charge in [0.2, 0.25) is 5.95 Å². The van der Waals surface area contributed by atoms with E-state index in [2.05, 4.69) is 24.4 Å². The molecule has 156 valence electrons. The van der Waals surface area contributed by atoms with Gasteiger partial charge in [-0.05, 0) is 37.1 Å². The number of nitrogens with one attached hydrogen (secondary N) is 1. The van der Waals surface area contributed by atoms with Crippen molar-refractivity contribution in [3.63, 3.8) is 0 Å². The minimum atomic E-state index is -0.304. The van der Waals surface area contributed by atoms with Crippen molar-refractivity contribution in [3.8, 4) is 5.69 Å². The SMILES string of the molecule is CC1(C)Cc2c(sc3nc(N/N=C/c4ccccc4)n(-c4ccccc4)c(=O)c23)CO1. The Bertz CT molecular complexity index is 1320. The van der Waals surface area contributed by atoms with Crippen LogP contribution in [-0.4, -0.2) is 21.4 Å². The molecule has 0 saturated heterocycles. The van der Waals surface area contributed by atoms with Crippen LogP contribution in [0.2, 0.25) is 0 Å². The Morgan fingerprint density at radius 3 is 2.58 bits per heavy atom. The first kappa shape index (κ1) is 19.7. The number of rotatable bonds is 4. The Morgan fingerprint density at radius 2 is 1.84 bits per heavy atom. The molecule has 4 aromatic rings. The number of hydrazone groups is 1. The summed E-state index contributed by atoms with van der Waals surface area (Å²) < 4.78 is 7.55. The molecular weight excluding hydrogens is 408 g/mol. The molecule has 1 N–H and O–H groups in total. The molecule has 6 nitrogen and oxygen atoms in total. The molecule has 7 heteroatoms. The van der Waals surface area contributed by atoms with E-state index in [0.717, 1.165) is 21.7 Å². The molecule has 2 aromatic heterocycles. The molecular formula is C24H22N4O2S. The van der Waals surface area contributed by atoms with Gasteiger partial charge in [0.15, 0.2) is 0 Å². The molecule has 31 heavy (non-hydrogen) atoms. The predicted octanol–water partition coefficient (Wildman–Crippen LogP) is 4.74. The Balaban J connectivity index is 1.66. The zero-order valence-electron chi connectivity index (χ0n) is 17.3. The van der Waals surface area contributed by atoms with Crippen molar-refractivity contribution in [2.45, 2.75) is 32.5 Å². The van der Waals surface area contributed by atoms with Gasteiger partial charge in [-0.3, -0.25) is 4.79 Å². The summed E-state index contributed by atoms with van der Waals surface area (Å²) in [6.07, 6.45) is 2.40. The highest BCUT2D eigenvalue weighted by Crippen LogP contribution is 2.37. The average Bonchev–Trinajstić information content (AvgIpc) is 3.12. The highest BCUT2D eigenvalue weighted by molar-refractivity contribution is 7.18. The fourth-order valence-corrected chi connectivity index (χ4v) is 4.88. The van der Waals surface area contributed by atoms with Gasteiger partial charge in [0.05, 0.1) is 29.5 Å². The van der Waals surface area contributed by atoms with Gasteiger partial charge in [-0.2, -0.15) is 5.10 Å². The first-order chi connectivity index (χ1) is 15.0. The van der Waals surface area contributed by atoms with Gasteiger partial charge in [0, 0.05) is 11.3 Å². The van der Waals surface area contributed by atoms with Crippen LogP contribution in [0, 0.1) is 0 Å². The molecule has 0 unspecified atom stereocenters. The number of ether oxygens (including phenoxy) is 1. The van der Waals surface area contributed by atoms with Crippen LogP contribution in [0.3, 0.4) is 0 Å². The van der Waals surface area contributed by atoms with Crippen molar-refractivity contribution >= 4 is 33.7 Å². The quantitative estimate of drug-likeness (QED) is 0.375. The second kappa shape index (κ2) is 7.76. The lowest BCUT2D eigenvalue weighted by molar-refractivity contribution is -0.0379. The first-order valence-electron chi connectivity index (χ1n) is 10.1. The van der Waals surface area contributed by atoms with Crippen molar-refractivity contribution in [2.24, 2.45) is 5.10 Å². The van der Waals surface area contributed by atoms with Crippen LogP contribution in [0.1, 0.15) is 29.9 Å². The van der Waals surface area contributed by atoms with Gasteiger partial charge < -0.3 is 4.74 Å². The third-order valence-electron chi connectivity index (χ3n) is 5.30. The van der Waals surface area contributed by atoms with Gasteiger partial charge >= 0.3 is 0 Å². The maximum absolute atomic E-state index is 13.7. The van der Waals surface area contributed by atoms with Crippen molar-refractivity contribution < 1.29 is 4.74 Å². The number of aromatic nitrogens is 2. The minimum absolute atomic E-state index is 0.0937. The van der Waals surface area contributed by atoms with Gasteiger partial charge in [-0.15, -0.1) is 11.3 Å². The summed E-state index contributed by atoms with van der Waals surface area (Å²) in [6.45, 7) is 4.61. The molecule has 0 spiro atoms. The number of thiophene rings is 1. The van der Waals surface area contributed by atoms with Crippen molar-refractivity contribution in [2.75, 3.05) is 5.43 Å². The highest BCUT2D eigenvalue weighted by Gasteiger charge is 2.31. The zero-order chi connectivity index (χ0) is 21.4. The summed E-state index contributed by atoms with van der Waals surface area (Å²) >= 11 is 1.52. The molecule has 0 aliphatic carbocycles. The van der Waals surface area contributed by atoms with Crippen LogP contribution in [0.4, 0.5) is 5.95 Å². The maximum atomic E-state index is 13.7. The third-order valence-corrected chi connectivity index (χ3v) is 6.40. The lowest BCUT2D eigenvalue weighted by Crippen LogP contribution is -2.32. The predicted molar refractivity (Wildman–Crippen MR) is 125 cm³/mol. The standard InChI is InChI=1S/C24H22N4O2S/c1-24(2)13-18-19(15-30-24)31-21-20(18)22(29)28(17-11-7-4-8-12-17)23(26-21)27-25-14-16-9-5-3-6-10-16/h3-12,14H,13,15H2,1-2H3,(H,26,27)/b25-14+. The van der Waals surface area contributed by atoms with Crippen LogP contribution in [0.15, 0.2) is 70.6 Å². The van der Waals surface area contributed by atoms with Gasteiger partial charge in [-0.25, -0.2) is 15.0 Å². The van der Waals surface area contributed by atoms with E-state index in [4.69, 9.17) is 9.72 Å². The average molecular weight is 431 g/mol. The van der Waals surface area contributed by atoms with E-state index in [1.807, 2.05) is 60.7 Å². The van der Waals surface area contributed by atoms with E-state index >= 15 is 0 Å². The number of hydrogen-bond acceptors (Lipinski definition) is 6. The molecule has 2 aromatic carbocycles. The summed E-state index contributed by atoms with van der Waals surface area (Å²) in [6, 6.07) is 19.3. The molecule has 0 fully saturated rings. The molecule has 0 radical (unpaired) electrons. The fourth-order valence-electron chi connectivity index (χ4n) is 3.79. The van der Waals surface area contributed by atoms with E-state index in [9.17, 15) is 4.79 Å². The number of nitrogens with zero attached hydrogens (tertiary/aromatic N) is 3. The van der Waals surface area contributed by atoms with E-state index < -0.39 is 0 Å². The van der Waals surface area contributed by atoms with E-state index in [0.29, 0.717) is 29.2 Å². The van der Waals surface area contributed by atoms with Crippen molar-refractivity contribution in [3.05, 3.63) is 87.0 Å². The van der Waals surface area contributed by atoms with Crippen molar-refractivity contribution in [1.82, 2.24) is 9.55 Å². The molecule has 1 aliphatic heterocycles. The second-order valence-electron chi connectivity index (χ2n) is 8.10. The topological polar surface area (TPSA) is 68.5 Å². The van der Waals surface area contributed by atoms with Crippen LogP contribution in [-0.2, 0) is 17.8 Å². The molecule has 3 heterocycles. The number of fused-ring (bicyclic) bond motifs is 3. The molecule has 5 rings (SSSR count). The van der Waals surface area contributed by atoms with Crippen molar-refractivity contribution in [1.29, 1.82) is 0 Å². The van der Waals surface area contributed by atoms with Gasteiger partial charge in [-0.1, -0.05) is 48.5 Å². The lowest BCUT2D eigenvalue weighted by Gasteiger charge is -2.29. The highest BCUT2D eigenvalue weighted by atomic mass is 32.1. The van der Waals surface area contributed by atoms with E-state index in [1.165, 1.54) is 11.3 Å². The fraction of sp³-hybridized carbons (Fsp3) is 0.208.